The molecule has 0 saturated carbocycles. The summed E-state index contributed by atoms with van der Waals surface area (Å²) in [6.07, 6.45) is 5.98. The number of allylic oxidation sites excluding steroid dienone is 1. The Morgan fingerprint density at radius 2 is 2.07 bits per heavy atom. The summed E-state index contributed by atoms with van der Waals surface area (Å²) in [5.41, 5.74) is 0. The molecule has 2 atom stereocenters. The van der Waals surface area contributed by atoms with Crippen molar-refractivity contribution in [3.8, 4) is 0 Å². The molecule has 0 amide bonds. The lowest BCUT2D eigenvalue weighted by atomic mass is 10.1. The van der Waals surface area contributed by atoms with Crippen molar-refractivity contribution in [2.24, 2.45) is 0 Å². The standard InChI is InChI=1S/C11H23NO2S/c1-5-7-8-9-11(12-6-2)10(3)15(4,13)14/h5,10-12H,1,6-9H2,2-4H3. The van der Waals surface area contributed by atoms with E-state index in [0.29, 0.717) is 0 Å². The second-order valence-electron chi connectivity index (χ2n) is 3.92. The quantitative estimate of drug-likeness (QED) is 0.513. The summed E-state index contributed by atoms with van der Waals surface area (Å²) in [7, 11) is -2.95. The van der Waals surface area contributed by atoms with Crippen LogP contribution >= 0.6 is 0 Å². The van der Waals surface area contributed by atoms with E-state index in [1.807, 2.05) is 13.0 Å². The van der Waals surface area contributed by atoms with Gasteiger partial charge in [0, 0.05) is 12.3 Å². The molecule has 0 aromatic heterocycles. The van der Waals surface area contributed by atoms with Gasteiger partial charge in [0.1, 0.15) is 0 Å². The molecule has 0 aliphatic carbocycles. The highest BCUT2D eigenvalue weighted by atomic mass is 32.2. The van der Waals surface area contributed by atoms with Gasteiger partial charge >= 0.3 is 0 Å². The smallest absolute Gasteiger partial charge is 0.151 e. The highest BCUT2D eigenvalue weighted by molar-refractivity contribution is 7.91. The number of sulfone groups is 1. The van der Waals surface area contributed by atoms with E-state index in [4.69, 9.17) is 0 Å². The number of rotatable bonds is 8. The molecule has 0 aliphatic heterocycles. The monoisotopic (exact) mass is 233 g/mol. The summed E-state index contributed by atoms with van der Waals surface area (Å²) >= 11 is 0. The lowest BCUT2D eigenvalue weighted by Crippen LogP contribution is -2.42. The van der Waals surface area contributed by atoms with Crippen LogP contribution in [0.4, 0.5) is 0 Å². The Hall–Kier alpha value is -0.350. The molecule has 0 radical (unpaired) electrons. The summed E-state index contributed by atoms with van der Waals surface area (Å²) in [5, 5.41) is 2.92. The highest BCUT2D eigenvalue weighted by Gasteiger charge is 2.24. The number of hydrogen-bond donors (Lipinski definition) is 1. The first-order chi connectivity index (χ1) is 6.93. The maximum absolute atomic E-state index is 11.4. The summed E-state index contributed by atoms with van der Waals surface area (Å²) in [5.74, 6) is 0. The van der Waals surface area contributed by atoms with Gasteiger partial charge in [-0.25, -0.2) is 8.42 Å². The van der Waals surface area contributed by atoms with Gasteiger partial charge in [0.15, 0.2) is 9.84 Å². The van der Waals surface area contributed by atoms with E-state index in [1.54, 1.807) is 6.92 Å². The topological polar surface area (TPSA) is 46.2 Å². The molecule has 0 heterocycles. The van der Waals surface area contributed by atoms with E-state index in [2.05, 4.69) is 11.9 Å². The summed E-state index contributed by atoms with van der Waals surface area (Å²) in [6, 6.07) is 0.0601. The average molecular weight is 233 g/mol. The molecule has 0 aliphatic rings. The number of unbranched alkanes of at least 4 members (excludes halogenated alkanes) is 1. The normalized spacial score (nSPS) is 15.9. The van der Waals surface area contributed by atoms with E-state index in [-0.39, 0.29) is 11.3 Å². The van der Waals surface area contributed by atoms with Crippen LogP contribution in [0.5, 0.6) is 0 Å². The maximum Gasteiger partial charge on any atom is 0.151 e. The van der Waals surface area contributed by atoms with Crippen LogP contribution in [0.2, 0.25) is 0 Å². The third kappa shape index (κ3) is 5.95. The van der Waals surface area contributed by atoms with Gasteiger partial charge in [-0.2, -0.15) is 0 Å². The van der Waals surface area contributed by atoms with Crippen molar-refractivity contribution in [1.82, 2.24) is 5.32 Å². The van der Waals surface area contributed by atoms with Crippen molar-refractivity contribution >= 4 is 9.84 Å². The fraction of sp³-hybridized carbons (Fsp3) is 0.818. The molecule has 4 heteroatoms. The zero-order valence-corrected chi connectivity index (χ0v) is 10.8. The van der Waals surface area contributed by atoms with Gasteiger partial charge in [-0.3, -0.25) is 0 Å². The van der Waals surface area contributed by atoms with Crippen LogP contribution in [0.25, 0.3) is 0 Å². The lowest BCUT2D eigenvalue weighted by Gasteiger charge is -2.23. The van der Waals surface area contributed by atoms with Crippen LogP contribution in [0.1, 0.15) is 33.1 Å². The number of hydrogen-bond acceptors (Lipinski definition) is 3. The number of nitrogens with one attached hydrogen (secondary N) is 1. The summed E-state index contributed by atoms with van der Waals surface area (Å²) in [4.78, 5) is 0. The third-order valence-corrected chi connectivity index (χ3v) is 4.31. The van der Waals surface area contributed by atoms with Crippen molar-refractivity contribution < 1.29 is 8.42 Å². The van der Waals surface area contributed by atoms with E-state index in [0.717, 1.165) is 25.8 Å². The first kappa shape index (κ1) is 14.6. The lowest BCUT2D eigenvalue weighted by molar-refractivity contribution is 0.460. The van der Waals surface area contributed by atoms with Crippen LogP contribution in [0.3, 0.4) is 0 Å². The third-order valence-electron chi connectivity index (χ3n) is 2.63. The molecule has 90 valence electrons. The Kier molecular flexibility index (Phi) is 6.85. The Morgan fingerprint density at radius 3 is 2.47 bits per heavy atom. The second kappa shape index (κ2) is 7.01. The van der Waals surface area contributed by atoms with Crippen molar-refractivity contribution in [3.63, 3.8) is 0 Å². The molecule has 0 bridgehead atoms. The first-order valence-electron chi connectivity index (χ1n) is 5.46. The van der Waals surface area contributed by atoms with Gasteiger partial charge in [-0.1, -0.05) is 13.0 Å². The molecule has 2 unspecified atom stereocenters. The van der Waals surface area contributed by atoms with Crippen molar-refractivity contribution in [2.75, 3.05) is 12.8 Å². The van der Waals surface area contributed by atoms with E-state index in [1.165, 1.54) is 6.26 Å². The fourth-order valence-electron chi connectivity index (χ4n) is 1.55. The second-order valence-corrected chi connectivity index (χ2v) is 6.32. The maximum atomic E-state index is 11.4. The Morgan fingerprint density at radius 1 is 1.47 bits per heavy atom. The molecule has 0 saturated heterocycles. The summed E-state index contributed by atoms with van der Waals surface area (Å²) < 4.78 is 22.8. The Bertz CT molecular complexity index is 272. The molecule has 3 nitrogen and oxygen atoms in total. The first-order valence-corrected chi connectivity index (χ1v) is 7.42. The fourth-order valence-corrected chi connectivity index (χ4v) is 2.37. The van der Waals surface area contributed by atoms with Gasteiger partial charge in [-0.15, -0.1) is 6.58 Å². The summed E-state index contributed by atoms with van der Waals surface area (Å²) in [6.45, 7) is 8.23. The Balaban J connectivity index is 4.31. The largest absolute Gasteiger partial charge is 0.313 e. The molecule has 0 fully saturated rings. The van der Waals surface area contributed by atoms with Crippen LogP contribution < -0.4 is 5.32 Å². The molecule has 0 aromatic rings. The van der Waals surface area contributed by atoms with E-state index in [9.17, 15) is 8.42 Å². The van der Waals surface area contributed by atoms with Gasteiger partial charge in [0.2, 0.25) is 0 Å². The molecule has 1 N–H and O–H groups in total. The molecular weight excluding hydrogens is 210 g/mol. The highest BCUT2D eigenvalue weighted by Crippen LogP contribution is 2.11. The molecule has 15 heavy (non-hydrogen) atoms. The van der Waals surface area contributed by atoms with Crippen LogP contribution in [-0.2, 0) is 9.84 Å². The minimum atomic E-state index is -2.95. The molecule has 0 rings (SSSR count). The van der Waals surface area contributed by atoms with Crippen molar-refractivity contribution in [3.05, 3.63) is 12.7 Å². The average Bonchev–Trinajstić information content (AvgIpc) is 2.14. The zero-order chi connectivity index (χ0) is 11.9. The van der Waals surface area contributed by atoms with Crippen LogP contribution in [0.15, 0.2) is 12.7 Å². The molecular formula is C11H23NO2S. The van der Waals surface area contributed by atoms with Crippen LogP contribution in [0, 0.1) is 0 Å². The molecule has 0 spiro atoms. The van der Waals surface area contributed by atoms with Crippen LogP contribution in [-0.4, -0.2) is 32.5 Å². The predicted molar refractivity (Wildman–Crippen MR) is 65.8 cm³/mol. The SMILES string of the molecule is C=CCCCC(NCC)C(C)S(C)(=O)=O. The zero-order valence-electron chi connectivity index (χ0n) is 9.99. The van der Waals surface area contributed by atoms with Crippen molar-refractivity contribution in [2.45, 2.75) is 44.4 Å². The minimum absolute atomic E-state index is 0.0601. The predicted octanol–water partition coefficient (Wildman–Crippen LogP) is 1.75. The van der Waals surface area contributed by atoms with Gasteiger partial charge < -0.3 is 5.32 Å². The van der Waals surface area contributed by atoms with Gasteiger partial charge in [0.05, 0.1) is 5.25 Å². The minimum Gasteiger partial charge on any atom is -0.313 e. The Labute approximate surface area is 93.9 Å². The molecule has 0 aromatic carbocycles. The van der Waals surface area contributed by atoms with Gasteiger partial charge in [-0.05, 0) is 32.7 Å². The van der Waals surface area contributed by atoms with E-state index < -0.39 is 9.84 Å². The van der Waals surface area contributed by atoms with Crippen molar-refractivity contribution in [1.29, 1.82) is 0 Å². The van der Waals surface area contributed by atoms with Gasteiger partial charge in [0.25, 0.3) is 0 Å². The van der Waals surface area contributed by atoms with E-state index >= 15 is 0 Å².